The first-order valence-electron chi connectivity index (χ1n) is 6.51. The van der Waals surface area contributed by atoms with Gasteiger partial charge in [0.15, 0.2) is 0 Å². The molecule has 1 aliphatic rings. The number of hydrogen-bond donors (Lipinski definition) is 1. The van der Waals surface area contributed by atoms with Gasteiger partial charge in [0.1, 0.15) is 0 Å². The summed E-state index contributed by atoms with van der Waals surface area (Å²) in [5.74, 6) is 0. The van der Waals surface area contributed by atoms with Gasteiger partial charge in [-0.1, -0.05) is 17.7 Å². The Morgan fingerprint density at radius 3 is 2.63 bits per heavy atom. The summed E-state index contributed by atoms with van der Waals surface area (Å²) in [4.78, 5) is 2.53. The van der Waals surface area contributed by atoms with Gasteiger partial charge < -0.3 is 5.73 Å². The Hall–Kier alpha value is -1.03. The molecule has 1 aliphatic carbocycles. The second-order valence-electron chi connectivity index (χ2n) is 5.12. The lowest BCUT2D eigenvalue weighted by Gasteiger charge is -2.21. The first kappa shape index (κ1) is 13.0. The summed E-state index contributed by atoms with van der Waals surface area (Å²) in [6.07, 6.45) is 2.62. The zero-order chi connectivity index (χ0) is 13.2. The van der Waals surface area contributed by atoms with Crippen molar-refractivity contribution in [1.82, 2.24) is 4.90 Å². The molecule has 19 heavy (non-hydrogen) atoms. The largest absolute Gasteiger partial charge is 0.398 e. The highest BCUT2D eigenvalue weighted by atomic mass is 35.5. The van der Waals surface area contributed by atoms with Crippen molar-refractivity contribution in [2.75, 3.05) is 5.73 Å². The SMILES string of the molecule is Nc1ccc(CN(Cc2ccsc2)C2CC2)cc1Cl. The van der Waals surface area contributed by atoms with Gasteiger partial charge in [0.2, 0.25) is 0 Å². The molecular formula is C15H17ClN2S. The van der Waals surface area contributed by atoms with Crippen LogP contribution in [0.4, 0.5) is 5.69 Å². The van der Waals surface area contributed by atoms with Crippen molar-refractivity contribution in [1.29, 1.82) is 0 Å². The van der Waals surface area contributed by atoms with Gasteiger partial charge in [-0.2, -0.15) is 11.3 Å². The second kappa shape index (κ2) is 5.53. The van der Waals surface area contributed by atoms with Crippen LogP contribution in [0, 0.1) is 0 Å². The molecule has 2 N–H and O–H groups in total. The average molecular weight is 293 g/mol. The molecule has 2 nitrogen and oxygen atoms in total. The lowest BCUT2D eigenvalue weighted by Crippen LogP contribution is -2.24. The van der Waals surface area contributed by atoms with Gasteiger partial charge in [-0.05, 0) is 52.9 Å². The number of benzene rings is 1. The number of rotatable bonds is 5. The highest BCUT2D eigenvalue weighted by Crippen LogP contribution is 2.31. The van der Waals surface area contributed by atoms with Gasteiger partial charge in [-0.25, -0.2) is 0 Å². The summed E-state index contributed by atoms with van der Waals surface area (Å²) >= 11 is 7.85. The van der Waals surface area contributed by atoms with E-state index in [2.05, 4.69) is 27.8 Å². The van der Waals surface area contributed by atoms with Gasteiger partial charge in [-0.15, -0.1) is 0 Å². The van der Waals surface area contributed by atoms with Crippen LogP contribution in [0.3, 0.4) is 0 Å². The van der Waals surface area contributed by atoms with Crippen LogP contribution in [0.5, 0.6) is 0 Å². The third-order valence-corrected chi connectivity index (χ3v) is 4.54. The van der Waals surface area contributed by atoms with Crippen LogP contribution in [0.2, 0.25) is 5.02 Å². The van der Waals surface area contributed by atoms with Crippen LogP contribution in [0.25, 0.3) is 0 Å². The number of nitrogen functional groups attached to an aromatic ring is 1. The molecule has 0 atom stereocenters. The van der Waals surface area contributed by atoms with Gasteiger partial charge in [-0.3, -0.25) is 4.90 Å². The van der Waals surface area contributed by atoms with E-state index in [1.54, 1.807) is 11.3 Å². The number of anilines is 1. The standard InChI is InChI=1S/C15H17ClN2S/c16-14-7-11(1-4-15(14)17)8-18(13-2-3-13)9-12-5-6-19-10-12/h1,4-7,10,13H,2-3,8-9,17H2. The number of halogens is 1. The first-order chi connectivity index (χ1) is 9.22. The van der Waals surface area contributed by atoms with Crippen LogP contribution in [0.1, 0.15) is 24.0 Å². The molecule has 0 bridgehead atoms. The highest BCUT2D eigenvalue weighted by molar-refractivity contribution is 7.07. The van der Waals surface area contributed by atoms with Crippen LogP contribution >= 0.6 is 22.9 Å². The van der Waals surface area contributed by atoms with Gasteiger partial charge >= 0.3 is 0 Å². The molecule has 0 spiro atoms. The lowest BCUT2D eigenvalue weighted by molar-refractivity contribution is 0.246. The van der Waals surface area contributed by atoms with E-state index < -0.39 is 0 Å². The van der Waals surface area contributed by atoms with E-state index in [9.17, 15) is 0 Å². The molecule has 1 fully saturated rings. The van der Waals surface area contributed by atoms with Crippen molar-refractivity contribution in [3.05, 3.63) is 51.2 Å². The number of nitrogens with zero attached hydrogens (tertiary/aromatic N) is 1. The quantitative estimate of drug-likeness (QED) is 0.839. The van der Waals surface area contributed by atoms with Gasteiger partial charge in [0, 0.05) is 19.1 Å². The van der Waals surface area contributed by atoms with E-state index in [0.717, 1.165) is 19.1 Å². The second-order valence-corrected chi connectivity index (χ2v) is 6.31. The average Bonchev–Trinajstić information content (AvgIpc) is 3.12. The fourth-order valence-electron chi connectivity index (χ4n) is 2.27. The van der Waals surface area contributed by atoms with Gasteiger partial charge in [0.05, 0.1) is 10.7 Å². The number of nitrogens with two attached hydrogens (primary N) is 1. The lowest BCUT2D eigenvalue weighted by atomic mass is 10.2. The fourth-order valence-corrected chi connectivity index (χ4v) is 3.14. The molecule has 1 saturated carbocycles. The number of hydrogen-bond acceptors (Lipinski definition) is 3. The minimum atomic E-state index is 0.654. The molecule has 0 unspecified atom stereocenters. The zero-order valence-corrected chi connectivity index (χ0v) is 12.3. The zero-order valence-electron chi connectivity index (χ0n) is 10.7. The molecule has 1 heterocycles. The molecule has 3 rings (SSSR count). The Morgan fingerprint density at radius 1 is 1.21 bits per heavy atom. The third kappa shape index (κ3) is 3.30. The van der Waals surface area contributed by atoms with Crippen LogP contribution in [-0.2, 0) is 13.1 Å². The van der Waals surface area contributed by atoms with Crippen molar-refractivity contribution < 1.29 is 0 Å². The van der Waals surface area contributed by atoms with Crippen molar-refractivity contribution in [2.24, 2.45) is 0 Å². The molecule has 4 heteroatoms. The van der Waals surface area contributed by atoms with Crippen molar-refractivity contribution in [3.8, 4) is 0 Å². The molecule has 1 aromatic carbocycles. The smallest absolute Gasteiger partial charge is 0.0638 e. The Balaban J connectivity index is 1.72. The maximum atomic E-state index is 6.09. The predicted molar refractivity (Wildman–Crippen MR) is 82.5 cm³/mol. The Bertz CT molecular complexity index is 549. The van der Waals surface area contributed by atoms with E-state index in [1.807, 2.05) is 12.1 Å². The molecule has 100 valence electrons. The fraction of sp³-hybridized carbons (Fsp3) is 0.333. The predicted octanol–water partition coefficient (Wildman–Crippen LogP) is 4.15. The van der Waals surface area contributed by atoms with E-state index in [-0.39, 0.29) is 0 Å². The summed E-state index contributed by atoms with van der Waals surface area (Å²) in [6.45, 7) is 1.97. The van der Waals surface area contributed by atoms with E-state index >= 15 is 0 Å². The normalized spacial score (nSPS) is 15.1. The topological polar surface area (TPSA) is 29.3 Å². The van der Waals surface area contributed by atoms with Gasteiger partial charge in [0.25, 0.3) is 0 Å². The van der Waals surface area contributed by atoms with Crippen LogP contribution in [-0.4, -0.2) is 10.9 Å². The van der Waals surface area contributed by atoms with E-state index in [4.69, 9.17) is 17.3 Å². The minimum Gasteiger partial charge on any atom is -0.398 e. The molecular weight excluding hydrogens is 276 g/mol. The summed E-state index contributed by atoms with van der Waals surface area (Å²) in [7, 11) is 0. The molecule has 0 radical (unpaired) electrons. The van der Waals surface area contributed by atoms with Crippen molar-refractivity contribution >= 4 is 28.6 Å². The highest BCUT2D eigenvalue weighted by Gasteiger charge is 2.29. The Labute approximate surface area is 122 Å². The summed E-state index contributed by atoms with van der Waals surface area (Å²) in [5.41, 5.74) is 9.05. The van der Waals surface area contributed by atoms with Crippen LogP contribution < -0.4 is 5.73 Å². The Morgan fingerprint density at radius 2 is 2.00 bits per heavy atom. The van der Waals surface area contributed by atoms with Crippen molar-refractivity contribution in [3.63, 3.8) is 0 Å². The van der Waals surface area contributed by atoms with Crippen LogP contribution in [0.15, 0.2) is 35.0 Å². The molecule has 2 aromatic rings. The molecule has 0 amide bonds. The number of thiophene rings is 1. The third-order valence-electron chi connectivity index (χ3n) is 3.48. The van der Waals surface area contributed by atoms with Crippen molar-refractivity contribution in [2.45, 2.75) is 32.0 Å². The maximum absolute atomic E-state index is 6.09. The minimum absolute atomic E-state index is 0.654. The Kier molecular flexibility index (Phi) is 3.78. The molecule has 1 aromatic heterocycles. The summed E-state index contributed by atoms with van der Waals surface area (Å²) < 4.78 is 0. The molecule has 0 aliphatic heterocycles. The summed E-state index contributed by atoms with van der Waals surface area (Å²) in [5, 5.41) is 5.02. The maximum Gasteiger partial charge on any atom is 0.0638 e. The first-order valence-corrected chi connectivity index (χ1v) is 7.83. The summed E-state index contributed by atoms with van der Waals surface area (Å²) in [6, 6.07) is 8.89. The monoisotopic (exact) mass is 292 g/mol. The molecule has 0 saturated heterocycles. The van der Waals surface area contributed by atoms with E-state index in [0.29, 0.717) is 10.7 Å². The van der Waals surface area contributed by atoms with E-state index in [1.165, 1.54) is 24.0 Å².